The molecule has 2 rings (SSSR count). The molecule has 0 saturated carbocycles. The van der Waals surface area contributed by atoms with Crippen LogP contribution in [-0.4, -0.2) is 16.1 Å². The molecule has 4 nitrogen and oxygen atoms in total. The lowest BCUT2D eigenvalue weighted by molar-refractivity contribution is 0.0689. The molecule has 1 heterocycles. The van der Waals surface area contributed by atoms with Gasteiger partial charge in [-0.25, -0.2) is 9.78 Å². The van der Waals surface area contributed by atoms with Crippen molar-refractivity contribution in [3.63, 3.8) is 0 Å². The van der Waals surface area contributed by atoms with Crippen molar-refractivity contribution in [1.82, 2.24) is 4.98 Å². The Balaban J connectivity index is 2.34. The number of hydrogen-bond acceptors (Lipinski definition) is 3. The van der Waals surface area contributed by atoms with Gasteiger partial charge in [-0.05, 0) is 23.8 Å². The summed E-state index contributed by atoms with van der Waals surface area (Å²) in [6, 6.07) is 4.97. The van der Waals surface area contributed by atoms with E-state index in [0.717, 1.165) is 6.39 Å². The number of nitrogens with zero attached hydrogens (tertiary/aromatic N) is 1. The monoisotopic (exact) mass is 271 g/mol. The molecule has 0 unspecified atom stereocenters. The van der Waals surface area contributed by atoms with Crippen LogP contribution in [0.3, 0.4) is 0 Å². The first-order chi connectivity index (χ1) is 8.08. The van der Waals surface area contributed by atoms with Crippen molar-refractivity contribution in [3.05, 3.63) is 51.7 Å². The average Bonchev–Trinajstić information content (AvgIpc) is 2.71. The average molecular weight is 272 g/mol. The summed E-state index contributed by atoms with van der Waals surface area (Å²) in [7, 11) is 0. The third-order valence-electron chi connectivity index (χ3n) is 2.20. The van der Waals surface area contributed by atoms with E-state index in [1.165, 1.54) is 0 Å². The molecule has 0 aliphatic carbocycles. The van der Waals surface area contributed by atoms with E-state index in [1.807, 2.05) is 0 Å². The quantitative estimate of drug-likeness (QED) is 0.931. The van der Waals surface area contributed by atoms with Crippen LogP contribution in [0, 0.1) is 0 Å². The number of aromatic nitrogens is 1. The Morgan fingerprint density at radius 2 is 2.18 bits per heavy atom. The molecule has 0 spiro atoms. The Hall–Kier alpha value is -1.52. The maximum atomic E-state index is 10.8. The minimum atomic E-state index is -1.13. The van der Waals surface area contributed by atoms with Gasteiger partial charge in [0.05, 0.1) is 0 Å². The summed E-state index contributed by atoms with van der Waals surface area (Å²) >= 11 is 11.8. The van der Waals surface area contributed by atoms with Gasteiger partial charge in [-0.2, -0.15) is 0 Å². The van der Waals surface area contributed by atoms with Gasteiger partial charge in [0.15, 0.2) is 12.1 Å². The van der Waals surface area contributed by atoms with Crippen LogP contribution >= 0.6 is 23.2 Å². The highest BCUT2D eigenvalue weighted by Crippen LogP contribution is 2.24. The van der Waals surface area contributed by atoms with Crippen LogP contribution in [0.25, 0.3) is 0 Å². The second kappa shape index (κ2) is 4.77. The van der Waals surface area contributed by atoms with E-state index in [-0.39, 0.29) is 17.9 Å². The lowest BCUT2D eigenvalue weighted by atomic mass is 10.1. The number of benzene rings is 1. The molecule has 6 heteroatoms. The third kappa shape index (κ3) is 2.60. The second-order valence-corrected chi connectivity index (χ2v) is 4.19. The highest BCUT2D eigenvalue weighted by Gasteiger charge is 2.16. The first-order valence-corrected chi connectivity index (χ1v) is 5.43. The van der Waals surface area contributed by atoms with Crippen LogP contribution in [0.2, 0.25) is 10.0 Å². The Morgan fingerprint density at radius 3 is 2.88 bits per heavy atom. The van der Waals surface area contributed by atoms with Gasteiger partial charge in [0, 0.05) is 16.5 Å². The van der Waals surface area contributed by atoms with Crippen molar-refractivity contribution in [2.75, 3.05) is 0 Å². The van der Waals surface area contributed by atoms with E-state index >= 15 is 0 Å². The second-order valence-electron chi connectivity index (χ2n) is 3.34. The number of carboxylic acids is 1. The predicted octanol–water partition coefficient (Wildman–Crippen LogP) is 3.27. The number of carbonyl (C=O) groups is 1. The first kappa shape index (κ1) is 12.0. The fourth-order valence-electron chi connectivity index (χ4n) is 1.42. The largest absolute Gasteiger partial charge is 0.476 e. The number of aromatic carboxylic acids is 1. The molecule has 0 amide bonds. The number of oxazole rings is 1. The molecule has 0 aliphatic heterocycles. The lowest BCUT2D eigenvalue weighted by Crippen LogP contribution is -2.02. The maximum absolute atomic E-state index is 10.8. The summed E-state index contributed by atoms with van der Waals surface area (Å²) < 4.78 is 5.03. The van der Waals surface area contributed by atoms with Gasteiger partial charge in [0.1, 0.15) is 5.76 Å². The Kier molecular flexibility index (Phi) is 3.36. The van der Waals surface area contributed by atoms with Gasteiger partial charge in [-0.15, -0.1) is 0 Å². The number of halogens is 2. The minimum Gasteiger partial charge on any atom is -0.476 e. The molecule has 0 atom stereocenters. The van der Waals surface area contributed by atoms with E-state index in [2.05, 4.69) is 4.98 Å². The topological polar surface area (TPSA) is 63.3 Å². The van der Waals surface area contributed by atoms with Crippen molar-refractivity contribution in [3.8, 4) is 0 Å². The number of hydrogen-bond donors (Lipinski definition) is 1. The normalized spacial score (nSPS) is 10.5. The predicted molar refractivity (Wildman–Crippen MR) is 62.7 cm³/mol. The number of carboxylic acid groups (broad SMARTS) is 1. The Bertz CT molecular complexity index is 566. The molecule has 2 aromatic rings. The fraction of sp³-hybridized carbons (Fsp3) is 0.0909. The Labute approximate surface area is 107 Å². The summed E-state index contributed by atoms with van der Waals surface area (Å²) in [5.74, 6) is -0.881. The summed E-state index contributed by atoms with van der Waals surface area (Å²) in [5.41, 5.74) is 0.583. The molecule has 1 aromatic carbocycles. The highest BCUT2D eigenvalue weighted by molar-refractivity contribution is 6.33. The molecular weight excluding hydrogens is 265 g/mol. The molecule has 88 valence electrons. The van der Waals surface area contributed by atoms with Crippen LogP contribution in [-0.2, 0) is 6.42 Å². The van der Waals surface area contributed by atoms with Gasteiger partial charge in [-0.1, -0.05) is 23.2 Å². The zero-order valence-corrected chi connectivity index (χ0v) is 10.00. The minimum absolute atomic E-state index is 0.110. The first-order valence-electron chi connectivity index (χ1n) is 4.67. The van der Waals surface area contributed by atoms with E-state index in [9.17, 15) is 4.79 Å². The Morgan fingerprint density at radius 1 is 1.41 bits per heavy atom. The van der Waals surface area contributed by atoms with Crippen molar-refractivity contribution < 1.29 is 14.3 Å². The summed E-state index contributed by atoms with van der Waals surface area (Å²) in [4.78, 5) is 14.5. The highest BCUT2D eigenvalue weighted by atomic mass is 35.5. The van der Waals surface area contributed by atoms with Crippen LogP contribution < -0.4 is 0 Å². The van der Waals surface area contributed by atoms with E-state index in [4.69, 9.17) is 32.7 Å². The van der Waals surface area contributed by atoms with Crippen molar-refractivity contribution in [1.29, 1.82) is 0 Å². The summed E-state index contributed by atoms with van der Waals surface area (Å²) in [6.07, 6.45) is 1.33. The molecule has 0 bridgehead atoms. The third-order valence-corrected chi connectivity index (χ3v) is 2.81. The van der Waals surface area contributed by atoms with Crippen LogP contribution in [0.1, 0.15) is 21.8 Å². The summed E-state index contributed by atoms with van der Waals surface area (Å²) in [5, 5.41) is 9.91. The maximum Gasteiger partial charge on any atom is 0.358 e. The summed E-state index contributed by atoms with van der Waals surface area (Å²) in [6.45, 7) is 0. The smallest absolute Gasteiger partial charge is 0.358 e. The molecule has 0 saturated heterocycles. The molecule has 0 fully saturated rings. The van der Waals surface area contributed by atoms with Crippen LogP contribution in [0.5, 0.6) is 0 Å². The molecule has 1 aromatic heterocycles. The van der Waals surface area contributed by atoms with Crippen molar-refractivity contribution >= 4 is 29.2 Å². The zero-order valence-electron chi connectivity index (χ0n) is 8.48. The van der Waals surface area contributed by atoms with E-state index in [0.29, 0.717) is 15.6 Å². The van der Waals surface area contributed by atoms with E-state index in [1.54, 1.807) is 18.2 Å². The lowest BCUT2D eigenvalue weighted by Gasteiger charge is -2.03. The van der Waals surface area contributed by atoms with Crippen LogP contribution in [0.15, 0.2) is 29.0 Å². The zero-order chi connectivity index (χ0) is 12.4. The molecule has 1 N–H and O–H groups in total. The van der Waals surface area contributed by atoms with Crippen molar-refractivity contribution in [2.45, 2.75) is 6.42 Å². The van der Waals surface area contributed by atoms with Gasteiger partial charge in [-0.3, -0.25) is 0 Å². The number of rotatable bonds is 3. The van der Waals surface area contributed by atoms with Gasteiger partial charge >= 0.3 is 5.97 Å². The standard InChI is InChI=1S/C11H7Cl2NO3/c12-7-1-2-8(13)6(3-7)4-9-10(11(15)16)14-5-17-9/h1-3,5H,4H2,(H,15,16). The molecule has 0 radical (unpaired) electrons. The SMILES string of the molecule is O=C(O)c1ncoc1Cc1cc(Cl)ccc1Cl. The fourth-order valence-corrected chi connectivity index (χ4v) is 1.80. The van der Waals surface area contributed by atoms with Crippen molar-refractivity contribution in [2.24, 2.45) is 0 Å². The molecule has 17 heavy (non-hydrogen) atoms. The molecular formula is C11H7Cl2NO3. The van der Waals surface area contributed by atoms with E-state index < -0.39 is 5.97 Å². The van der Waals surface area contributed by atoms with Gasteiger partial charge in [0.25, 0.3) is 0 Å². The van der Waals surface area contributed by atoms with Gasteiger partial charge < -0.3 is 9.52 Å². The van der Waals surface area contributed by atoms with Gasteiger partial charge in [0.2, 0.25) is 0 Å². The molecule has 0 aliphatic rings. The van der Waals surface area contributed by atoms with Crippen LogP contribution in [0.4, 0.5) is 0 Å².